The van der Waals surface area contributed by atoms with Gasteiger partial charge < -0.3 is 19.9 Å². The number of esters is 3. The van der Waals surface area contributed by atoms with E-state index in [1.807, 2.05) is 20.8 Å². The average Bonchev–Trinajstić information content (AvgIpc) is 2.49. The van der Waals surface area contributed by atoms with Crippen LogP contribution in [0, 0.1) is 0 Å². The Kier molecular flexibility index (Phi) is 10.4. The van der Waals surface area contributed by atoms with Crippen LogP contribution in [0.3, 0.4) is 0 Å². The monoisotopic (exact) mass is 359 g/mol. The molecular formula is C18H33NO6. The summed E-state index contributed by atoms with van der Waals surface area (Å²) in [6.45, 7) is 9.09. The number of rotatable bonds is 11. The van der Waals surface area contributed by atoms with Gasteiger partial charge in [-0.15, -0.1) is 0 Å². The summed E-state index contributed by atoms with van der Waals surface area (Å²) in [5, 5.41) is 0. The summed E-state index contributed by atoms with van der Waals surface area (Å²) in [6, 6.07) is 0. The first kappa shape index (κ1) is 23.4. The minimum atomic E-state index is -1.77. The van der Waals surface area contributed by atoms with Crippen molar-refractivity contribution in [1.82, 2.24) is 0 Å². The molecule has 0 aliphatic carbocycles. The summed E-state index contributed by atoms with van der Waals surface area (Å²) in [7, 11) is 0. The molecule has 0 saturated heterocycles. The molecule has 0 aliphatic heterocycles. The van der Waals surface area contributed by atoms with E-state index in [1.54, 1.807) is 13.8 Å². The van der Waals surface area contributed by atoms with Crippen LogP contribution < -0.4 is 5.73 Å². The van der Waals surface area contributed by atoms with Crippen LogP contribution in [-0.4, -0.2) is 42.3 Å². The fourth-order valence-electron chi connectivity index (χ4n) is 2.23. The van der Waals surface area contributed by atoms with Crippen LogP contribution >= 0.6 is 0 Å². The summed E-state index contributed by atoms with van der Waals surface area (Å²) in [5.41, 5.74) is 3.72. The highest BCUT2D eigenvalue weighted by molar-refractivity contribution is 6.04. The molecule has 0 spiro atoms. The molecule has 0 aromatic heterocycles. The molecule has 0 heterocycles. The van der Waals surface area contributed by atoms with Crippen molar-refractivity contribution in [1.29, 1.82) is 0 Å². The lowest BCUT2D eigenvalue weighted by Crippen LogP contribution is -2.56. The van der Waals surface area contributed by atoms with E-state index in [1.165, 1.54) is 0 Å². The fourth-order valence-corrected chi connectivity index (χ4v) is 2.23. The van der Waals surface area contributed by atoms with Gasteiger partial charge in [-0.25, -0.2) is 9.59 Å². The van der Waals surface area contributed by atoms with Gasteiger partial charge >= 0.3 is 17.9 Å². The minimum Gasteiger partial charge on any atom is -0.464 e. The van der Waals surface area contributed by atoms with Gasteiger partial charge in [-0.05, 0) is 47.5 Å². The van der Waals surface area contributed by atoms with Gasteiger partial charge in [-0.3, -0.25) is 4.79 Å². The first-order valence-electron chi connectivity index (χ1n) is 8.92. The van der Waals surface area contributed by atoms with Gasteiger partial charge in [-0.1, -0.05) is 19.3 Å². The van der Waals surface area contributed by atoms with Crippen LogP contribution in [0.5, 0.6) is 0 Å². The first-order valence-corrected chi connectivity index (χ1v) is 8.92. The van der Waals surface area contributed by atoms with E-state index in [9.17, 15) is 14.4 Å². The number of carbonyl (C=O) groups is 3. The van der Waals surface area contributed by atoms with Crippen molar-refractivity contribution in [2.45, 2.75) is 84.3 Å². The molecule has 0 aromatic rings. The normalized spacial score (nSPS) is 11.8. The lowest BCUT2D eigenvalue weighted by molar-refractivity contribution is -0.164. The van der Waals surface area contributed by atoms with Crippen LogP contribution in [0.25, 0.3) is 0 Å². The van der Waals surface area contributed by atoms with Crippen molar-refractivity contribution in [3.05, 3.63) is 0 Å². The van der Waals surface area contributed by atoms with E-state index in [0.717, 1.165) is 12.8 Å². The Morgan fingerprint density at radius 1 is 0.840 bits per heavy atom. The SMILES string of the molecule is CCOC(=O)C(N)(CCCCCCC(=O)OC(C)(C)C)C(=O)OCC. The molecule has 0 unspecified atom stereocenters. The number of ether oxygens (including phenoxy) is 3. The van der Waals surface area contributed by atoms with Crippen LogP contribution in [0.4, 0.5) is 0 Å². The number of hydrogen-bond acceptors (Lipinski definition) is 7. The predicted molar refractivity (Wildman–Crippen MR) is 93.7 cm³/mol. The molecular weight excluding hydrogens is 326 g/mol. The highest BCUT2D eigenvalue weighted by atomic mass is 16.6. The van der Waals surface area contributed by atoms with E-state index < -0.39 is 23.1 Å². The zero-order chi connectivity index (χ0) is 19.5. The lowest BCUT2D eigenvalue weighted by Gasteiger charge is -2.24. The van der Waals surface area contributed by atoms with Gasteiger partial charge in [0.25, 0.3) is 0 Å². The molecule has 25 heavy (non-hydrogen) atoms. The Hall–Kier alpha value is -1.63. The van der Waals surface area contributed by atoms with Crippen LogP contribution in [0.15, 0.2) is 0 Å². The van der Waals surface area contributed by atoms with Gasteiger partial charge in [0, 0.05) is 6.42 Å². The molecule has 146 valence electrons. The number of hydrogen-bond donors (Lipinski definition) is 1. The molecule has 0 saturated carbocycles. The van der Waals surface area contributed by atoms with E-state index >= 15 is 0 Å². The maximum atomic E-state index is 12.0. The fraction of sp³-hybridized carbons (Fsp3) is 0.833. The predicted octanol–water partition coefficient (Wildman–Crippen LogP) is 2.49. The number of unbranched alkanes of at least 4 members (excludes halogenated alkanes) is 3. The molecule has 0 radical (unpaired) electrons. The number of nitrogens with two attached hydrogens (primary N) is 1. The Labute approximate surface area is 150 Å². The third-order valence-electron chi connectivity index (χ3n) is 3.40. The highest BCUT2D eigenvalue weighted by Crippen LogP contribution is 2.18. The standard InChI is InChI=1S/C18H33NO6/c1-6-23-15(21)18(19,16(22)24-7-2)13-11-9-8-10-12-14(20)25-17(3,4)5/h6-13,19H2,1-5H3. The third-order valence-corrected chi connectivity index (χ3v) is 3.40. The largest absolute Gasteiger partial charge is 0.464 e. The number of carbonyl (C=O) groups excluding carboxylic acids is 3. The Bertz CT molecular complexity index is 423. The van der Waals surface area contributed by atoms with Crippen molar-refractivity contribution < 1.29 is 28.6 Å². The van der Waals surface area contributed by atoms with Gasteiger partial charge in [0.15, 0.2) is 0 Å². The molecule has 0 rings (SSSR count). The van der Waals surface area contributed by atoms with Crippen molar-refractivity contribution >= 4 is 17.9 Å². The molecule has 0 amide bonds. The van der Waals surface area contributed by atoms with Crippen LogP contribution in [0.2, 0.25) is 0 Å². The van der Waals surface area contributed by atoms with Crippen molar-refractivity contribution in [3.63, 3.8) is 0 Å². The Balaban J connectivity index is 4.29. The second-order valence-corrected chi connectivity index (χ2v) is 6.91. The molecule has 7 nitrogen and oxygen atoms in total. The summed E-state index contributed by atoms with van der Waals surface area (Å²) in [6.07, 6.45) is 3.26. The molecule has 0 aromatic carbocycles. The molecule has 7 heteroatoms. The van der Waals surface area contributed by atoms with E-state index in [0.29, 0.717) is 19.3 Å². The Morgan fingerprint density at radius 3 is 1.76 bits per heavy atom. The zero-order valence-corrected chi connectivity index (χ0v) is 16.2. The average molecular weight is 359 g/mol. The lowest BCUT2D eigenvalue weighted by atomic mass is 9.93. The molecule has 0 atom stereocenters. The second kappa shape index (κ2) is 11.1. The van der Waals surface area contributed by atoms with Gasteiger partial charge in [-0.2, -0.15) is 0 Å². The topological polar surface area (TPSA) is 105 Å². The van der Waals surface area contributed by atoms with Gasteiger partial charge in [0.05, 0.1) is 13.2 Å². The molecule has 0 aliphatic rings. The van der Waals surface area contributed by atoms with E-state index in [-0.39, 0.29) is 25.6 Å². The summed E-state index contributed by atoms with van der Waals surface area (Å²) in [5.74, 6) is -1.75. The first-order chi connectivity index (χ1) is 11.6. The van der Waals surface area contributed by atoms with Gasteiger partial charge in [0.2, 0.25) is 5.54 Å². The van der Waals surface area contributed by atoms with Crippen molar-refractivity contribution in [2.24, 2.45) is 5.73 Å². The molecule has 0 bridgehead atoms. The van der Waals surface area contributed by atoms with Crippen molar-refractivity contribution in [2.75, 3.05) is 13.2 Å². The van der Waals surface area contributed by atoms with Crippen LogP contribution in [0.1, 0.15) is 73.1 Å². The summed E-state index contributed by atoms with van der Waals surface area (Å²) in [4.78, 5) is 35.6. The van der Waals surface area contributed by atoms with E-state index in [2.05, 4.69) is 0 Å². The maximum Gasteiger partial charge on any atom is 0.337 e. The zero-order valence-electron chi connectivity index (χ0n) is 16.2. The molecule has 2 N–H and O–H groups in total. The van der Waals surface area contributed by atoms with Crippen molar-refractivity contribution in [3.8, 4) is 0 Å². The highest BCUT2D eigenvalue weighted by Gasteiger charge is 2.44. The maximum absolute atomic E-state index is 12.0. The van der Waals surface area contributed by atoms with E-state index in [4.69, 9.17) is 19.9 Å². The Morgan fingerprint density at radius 2 is 1.32 bits per heavy atom. The van der Waals surface area contributed by atoms with Gasteiger partial charge in [0.1, 0.15) is 5.60 Å². The summed E-state index contributed by atoms with van der Waals surface area (Å²) >= 11 is 0. The quantitative estimate of drug-likeness (QED) is 0.261. The smallest absolute Gasteiger partial charge is 0.337 e. The molecule has 0 fully saturated rings. The third kappa shape index (κ3) is 9.43. The summed E-state index contributed by atoms with van der Waals surface area (Å²) < 4.78 is 15.0. The minimum absolute atomic E-state index is 0.146. The second-order valence-electron chi connectivity index (χ2n) is 6.91. The van der Waals surface area contributed by atoms with Crippen LogP contribution in [-0.2, 0) is 28.6 Å².